The summed E-state index contributed by atoms with van der Waals surface area (Å²) >= 11 is 0. The molecule has 1 aromatic carbocycles. The van der Waals surface area contributed by atoms with Gasteiger partial charge in [0.05, 0.1) is 19.7 Å². The number of amides is 1. The van der Waals surface area contributed by atoms with Gasteiger partial charge in [0.1, 0.15) is 18.2 Å². The summed E-state index contributed by atoms with van der Waals surface area (Å²) in [6, 6.07) is 5.74. The molecule has 0 heterocycles. The van der Waals surface area contributed by atoms with Crippen LogP contribution in [0.2, 0.25) is 0 Å². The standard InChI is InChI=1S/C13H19FN2O3.ClH/c1-18-8-6-15-10-13(17)16-7-9-19-12-4-2-11(14)3-5-12;/h2-5,15H,6-10H2,1H3,(H,16,17);1H. The highest BCUT2D eigenvalue weighted by molar-refractivity contribution is 5.85. The Morgan fingerprint density at radius 3 is 2.55 bits per heavy atom. The first kappa shape index (κ1) is 18.6. The lowest BCUT2D eigenvalue weighted by Crippen LogP contribution is -2.37. The summed E-state index contributed by atoms with van der Waals surface area (Å²) in [6.45, 7) is 2.20. The van der Waals surface area contributed by atoms with Crippen molar-refractivity contribution in [2.24, 2.45) is 0 Å². The Balaban J connectivity index is 0.00000361. The first-order valence-corrected chi connectivity index (χ1v) is 6.07. The highest BCUT2D eigenvalue weighted by Gasteiger charge is 2.00. The Kier molecular flexibility index (Phi) is 10.7. The Morgan fingerprint density at radius 1 is 1.20 bits per heavy atom. The van der Waals surface area contributed by atoms with Crippen LogP contribution in [0.5, 0.6) is 5.75 Å². The number of hydrogen-bond acceptors (Lipinski definition) is 4. The van der Waals surface area contributed by atoms with Crippen molar-refractivity contribution in [2.45, 2.75) is 0 Å². The van der Waals surface area contributed by atoms with E-state index in [9.17, 15) is 9.18 Å². The number of hydrogen-bond donors (Lipinski definition) is 2. The molecule has 5 nitrogen and oxygen atoms in total. The van der Waals surface area contributed by atoms with Crippen LogP contribution in [0.25, 0.3) is 0 Å². The van der Waals surface area contributed by atoms with Crippen LogP contribution in [0.4, 0.5) is 4.39 Å². The average molecular weight is 307 g/mol. The maximum absolute atomic E-state index is 12.6. The van der Waals surface area contributed by atoms with E-state index in [2.05, 4.69) is 10.6 Å². The monoisotopic (exact) mass is 306 g/mol. The Bertz CT molecular complexity index is 376. The minimum Gasteiger partial charge on any atom is -0.492 e. The fourth-order valence-electron chi connectivity index (χ4n) is 1.33. The van der Waals surface area contributed by atoms with Gasteiger partial charge in [-0.25, -0.2) is 4.39 Å². The number of carbonyl (C=O) groups excluding carboxylic acids is 1. The number of ether oxygens (including phenoxy) is 2. The Labute approximate surface area is 124 Å². The van der Waals surface area contributed by atoms with Crippen LogP contribution in [0.3, 0.4) is 0 Å². The summed E-state index contributed by atoms with van der Waals surface area (Å²) in [5.74, 6) is 0.176. The molecule has 0 saturated carbocycles. The molecule has 114 valence electrons. The second kappa shape index (κ2) is 11.5. The van der Waals surface area contributed by atoms with E-state index in [1.165, 1.54) is 12.1 Å². The fourth-order valence-corrected chi connectivity index (χ4v) is 1.33. The molecule has 0 aromatic heterocycles. The van der Waals surface area contributed by atoms with Gasteiger partial charge in [-0.15, -0.1) is 12.4 Å². The van der Waals surface area contributed by atoms with Crippen molar-refractivity contribution in [3.8, 4) is 5.75 Å². The summed E-state index contributed by atoms with van der Waals surface area (Å²) in [5.41, 5.74) is 0. The molecule has 0 bridgehead atoms. The maximum Gasteiger partial charge on any atom is 0.234 e. The Morgan fingerprint density at radius 2 is 1.90 bits per heavy atom. The number of methoxy groups -OCH3 is 1. The fraction of sp³-hybridized carbons (Fsp3) is 0.462. The van der Waals surface area contributed by atoms with Crippen molar-refractivity contribution >= 4 is 18.3 Å². The third-order valence-electron chi connectivity index (χ3n) is 2.28. The van der Waals surface area contributed by atoms with Crippen LogP contribution < -0.4 is 15.4 Å². The molecule has 0 aliphatic heterocycles. The van der Waals surface area contributed by atoms with Gasteiger partial charge in [-0.05, 0) is 24.3 Å². The molecule has 0 aliphatic carbocycles. The van der Waals surface area contributed by atoms with Crippen LogP contribution in [-0.4, -0.2) is 45.9 Å². The minimum atomic E-state index is -0.303. The van der Waals surface area contributed by atoms with Gasteiger partial charge in [0.25, 0.3) is 0 Å². The van der Waals surface area contributed by atoms with E-state index >= 15 is 0 Å². The van der Waals surface area contributed by atoms with E-state index in [4.69, 9.17) is 9.47 Å². The van der Waals surface area contributed by atoms with Gasteiger partial charge < -0.3 is 20.1 Å². The lowest BCUT2D eigenvalue weighted by Gasteiger charge is -2.08. The molecular weight excluding hydrogens is 287 g/mol. The molecule has 0 aliphatic rings. The largest absolute Gasteiger partial charge is 0.492 e. The van der Waals surface area contributed by atoms with Crippen LogP contribution in [0.1, 0.15) is 0 Å². The van der Waals surface area contributed by atoms with Gasteiger partial charge >= 0.3 is 0 Å². The zero-order valence-corrected chi connectivity index (χ0v) is 12.2. The van der Waals surface area contributed by atoms with Gasteiger partial charge in [0.2, 0.25) is 5.91 Å². The molecule has 0 saturated heterocycles. The average Bonchev–Trinajstić information content (AvgIpc) is 2.42. The molecule has 1 amide bonds. The predicted molar refractivity (Wildman–Crippen MR) is 76.9 cm³/mol. The molecule has 20 heavy (non-hydrogen) atoms. The minimum absolute atomic E-state index is 0. The smallest absolute Gasteiger partial charge is 0.234 e. The van der Waals surface area contributed by atoms with Crippen LogP contribution >= 0.6 is 12.4 Å². The van der Waals surface area contributed by atoms with Gasteiger partial charge in [-0.1, -0.05) is 0 Å². The molecule has 1 aromatic rings. The van der Waals surface area contributed by atoms with E-state index < -0.39 is 0 Å². The van der Waals surface area contributed by atoms with Gasteiger partial charge in [0, 0.05) is 13.7 Å². The molecular formula is C13H20ClFN2O3. The van der Waals surface area contributed by atoms with Gasteiger partial charge in [-0.3, -0.25) is 4.79 Å². The van der Waals surface area contributed by atoms with Gasteiger partial charge in [-0.2, -0.15) is 0 Å². The van der Waals surface area contributed by atoms with Crippen LogP contribution in [0, 0.1) is 5.82 Å². The molecule has 7 heteroatoms. The van der Waals surface area contributed by atoms with Crippen molar-refractivity contribution in [3.63, 3.8) is 0 Å². The third kappa shape index (κ3) is 8.68. The third-order valence-corrected chi connectivity index (χ3v) is 2.28. The van der Waals surface area contributed by atoms with Crippen LogP contribution in [-0.2, 0) is 9.53 Å². The first-order chi connectivity index (χ1) is 9.22. The molecule has 0 fully saturated rings. The topological polar surface area (TPSA) is 59.6 Å². The lowest BCUT2D eigenvalue weighted by atomic mass is 10.3. The van der Waals surface area contributed by atoms with Crippen LogP contribution in [0.15, 0.2) is 24.3 Å². The molecule has 0 unspecified atom stereocenters. The second-order valence-electron chi connectivity index (χ2n) is 3.82. The predicted octanol–water partition coefficient (Wildman–Crippen LogP) is 0.978. The highest BCUT2D eigenvalue weighted by atomic mass is 35.5. The summed E-state index contributed by atoms with van der Waals surface area (Å²) in [5, 5.41) is 5.63. The summed E-state index contributed by atoms with van der Waals surface area (Å²) < 4.78 is 22.8. The zero-order valence-electron chi connectivity index (χ0n) is 11.4. The van der Waals surface area contributed by atoms with Gasteiger partial charge in [0.15, 0.2) is 0 Å². The second-order valence-corrected chi connectivity index (χ2v) is 3.82. The molecule has 1 rings (SSSR count). The molecule has 0 atom stereocenters. The number of rotatable bonds is 9. The molecule has 2 N–H and O–H groups in total. The van der Waals surface area contributed by atoms with Crippen molar-refractivity contribution < 1.29 is 18.7 Å². The van der Waals surface area contributed by atoms with Crippen molar-refractivity contribution in [1.29, 1.82) is 0 Å². The van der Waals surface area contributed by atoms with Crippen molar-refractivity contribution in [3.05, 3.63) is 30.1 Å². The molecule has 0 radical (unpaired) electrons. The maximum atomic E-state index is 12.6. The van der Waals surface area contributed by atoms with Crippen molar-refractivity contribution in [2.75, 3.05) is 40.0 Å². The van der Waals surface area contributed by atoms with E-state index in [0.29, 0.717) is 32.1 Å². The Hall–Kier alpha value is -1.37. The lowest BCUT2D eigenvalue weighted by molar-refractivity contribution is -0.120. The number of benzene rings is 1. The first-order valence-electron chi connectivity index (χ1n) is 6.07. The van der Waals surface area contributed by atoms with E-state index in [-0.39, 0.29) is 30.7 Å². The summed E-state index contributed by atoms with van der Waals surface area (Å²) in [6.07, 6.45) is 0. The zero-order chi connectivity index (χ0) is 13.9. The molecule has 0 spiro atoms. The van der Waals surface area contributed by atoms with E-state index in [1.54, 1.807) is 19.2 Å². The highest BCUT2D eigenvalue weighted by Crippen LogP contribution is 2.10. The normalized spacial score (nSPS) is 9.70. The van der Waals surface area contributed by atoms with E-state index in [0.717, 1.165) is 0 Å². The SMILES string of the molecule is COCCNCC(=O)NCCOc1ccc(F)cc1.Cl. The van der Waals surface area contributed by atoms with Crippen molar-refractivity contribution in [1.82, 2.24) is 10.6 Å². The number of nitrogens with one attached hydrogen (secondary N) is 2. The number of carbonyl (C=O) groups is 1. The quantitative estimate of drug-likeness (QED) is 0.668. The summed E-state index contributed by atoms with van der Waals surface area (Å²) in [4.78, 5) is 11.3. The number of halogens is 2. The summed E-state index contributed by atoms with van der Waals surface area (Å²) in [7, 11) is 1.61. The van der Waals surface area contributed by atoms with E-state index in [1.807, 2.05) is 0 Å².